The van der Waals surface area contributed by atoms with Crippen LogP contribution in [0, 0.1) is 0 Å². The predicted octanol–water partition coefficient (Wildman–Crippen LogP) is 3.64. The second kappa shape index (κ2) is 6.34. The number of nitrogens with two attached hydrogens (primary N) is 1. The van der Waals surface area contributed by atoms with Crippen LogP contribution in [0.5, 0.6) is 0 Å². The van der Waals surface area contributed by atoms with Crippen molar-refractivity contribution in [1.29, 1.82) is 0 Å². The third-order valence-corrected chi connectivity index (χ3v) is 4.18. The van der Waals surface area contributed by atoms with Gasteiger partial charge in [0.25, 0.3) is 0 Å². The monoisotopic (exact) mass is 360 g/mol. The van der Waals surface area contributed by atoms with Crippen LogP contribution in [0.3, 0.4) is 0 Å². The van der Waals surface area contributed by atoms with Crippen molar-refractivity contribution < 1.29 is 23.1 Å². The smallest absolute Gasteiger partial charge is 0.392 e. The van der Waals surface area contributed by atoms with Crippen molar-refractivity contribution in [3.05, 3.63) is 71.9 Å². The minimum absolute atomic E-state index is 0.137. The van der Waals surface area contributed by atoms with Gasteiger partial charge < -0.3 is 15.4 Å². The molecule has 1 aromatic heterocycles. The molecule has 3 N–H and O–H groups in total. The summed E-state index contributed by atoms with van der Waals surface area (Å²) in [5.74, 6) is -0.655. The number of halogens is 3. The molecular weight excluding hydrogens is 345 g/mol. The fourth-order valence-electron chi connectivity index (χ4n) is 2.78. The molecule has 0 aliphatic rings. The molecule has 2 aromatic carbocycles. The number of aliphatic hydroxyl groups excluding tert-OH is 1. The van der Waals surface area contributed by atoms with Crippen LogP contribution in [0.1, 0.15) is 16.7 Å². The predicted molar refractivity (Wildman–Crippen MR) is 92.4 cm³/mol. The van der Waals surface area contributed by atoms with Crippen molar-refractivity contribution in [3.8, 4) is 5.69 Å². The minimum Gasteiger partial charge on any atom is -0.392 e. The van der Waals surface area contributed by atoms with Crippen LogP contribution in [0.4, 0.5) is 13.2 Å². The number of alkyl halides is 3. The number of fused-ring (bicyclic) bond motifs is 1. The van der Waals surface area contributed by atoms with Gasteiger partial charge in [0.1, 0.15) is 0 Å². The zero-order valence-corrected chi connectivity index (χ0v) is 13.5. The first-order valence-electron chi connectivity index (χ1n) is 7.64. The van der Waals surface area contributed by atoms with Gasteiger partial charge in [0.2, 0.25) is 5.91 Å². The Morgan fingerprint density at radius 1 is 1.15 bits per heavy atom. The van der Waals surface area contributed by atoms with Crippen molar-refractivity contribution in [1.82, 2.24) is 4.57 Å². The van der Waals surface area contributed by atoms with E-state index in [0.29, 0.717) is 27.7 Å². The van der Waals surface area contributed by atoms with Gasteiger partial charge in [-0.25, -0.2) is 0 Å². The van der Waals surface area contributed by atoms with Crippen molar-refractivity contribution in [2.24, 2.45) is 5.73 Å². The average molecular weight is 360 g/mol. The zero-order chi connectivity index (χ0) is 19.1. The van der Waals surface area contributed by atoms with Crippen LogP contribution >= 0.6 is 0 Å². The highest BCUT2D eigenvalue weighted by molar-refractivity contribution is 6.18. The summed E-state index contributed by atoms with van der Waals surface area (Å²) >= 11 is 0. The largest absolute Gasteiger partial charge is 0.416 e. The molecule has 7 heteroatoms. The van der Waals surface area contributed by atoms with E-state index in [4.69, 9.17) is 5.73 Å². The number of aliphatic hydroxyl groups is 1. The Hall–Kier alpha value is -3.06. The second-order valence-electron chi connectivity index (χ2n) is 5.80. The fourth-order valence-corrected chi connectivity index (χ4v) is 2.78. The van der Waals surface area contributed by atoms with E-state index in [1.54, 1.807) is 29.0 Å². The lowest BCUT2D eigenvalue weighted by atomic mass is 10.0. The Morgan fingerprint density at radius 2 is 1.81 bits per heavy atom. The lowest BCUT2D eigenvalue weighted by molar-refractivity contribution is -0.137. The van der Waals surface area contributed by atoms with Crippen molar-refractivity contribution >= 4 is 22.4 Å². The number of hydrogen-bond donors (Lipinski definition) is 2. The third kappa shape index (κ3) is 3.09. The van der Waals surface area contributed by atoms with Crippen molar-refractivity contribution in [2.45, 2.75) is 12.8 Å². The number of carbonyl (C=O) groups excluding carboxylic acids is 1. The molecule has 1 amide bonds. The average Bonchev–Trinajstić information content (AvgIpc) is 2.98. The number of benzene rings is 2. The van der Waals surface area contributed by atoms with E-state index in [2.05, 4.69) is 6.58 Å². The molecule has 134 valence electrons. The Bertz CT molecular complexity index is 1000. The topological polar surface area (TPSA) is 68.2 Å². The number of carbonyl (C=O) groups is 1. The van der Waals surface area contributed by atoms with E-state index in [1.807, 2.05) is 0 Å². The molecule has 0 radical (unpaired) electrons. The molecule has 4 nitrogen and oxygen atoms in total. The summed E-state index contributed by atoms with van der Waals surface area (Å²) < 4.78 is 39.9. The summed E-state index contributed by atoms with van der Waals surface area (Å²) in [7, 11) is 0. The van der Waals surface area contributed by atoms with Gasteiger partial charge in [-0.2, -0.15) is 13.2 Å². The molecule has 0 aliphatic carbocycles. The molecule has 1 heterocycles. The molecule has 0 unspecified atom stereocenters. The summed E-state index contributed by atoms with van der Waals surface area (Å²) in [6, 6.07) is 9.76. The molecule has 0 aliphatic heterocycles. The molecule has 0 saturated heterocycles. The maximum Gasteiger partial charge on any atom is 0.416 e. The first-order valence-corrected chi connectivity index (χ1v) is 7.64. The highest BCUT2D eigenvalue weighted by Gasteiger charge is 2.30. The van der Waals surface area contributed by atoms with Gasteiger partial charge in [-0.1, -0.05) is 12.6 Å². The van der Waals surface area contributed by atoms with Gasteiger partial charge in [-0.3, -0.25) is 4.79 Å². The number of primary amides is 1. The number of hydrogen-bond acceptors (Lipinski definition) is 2. The van der Waals surface area contributed by atoms with Crippen LogP contribution in [0.15, 0.2) is 55.2 Å². The Balaban J connectivity index is 2.12. The van der Waals surface area contributed by atoms with Gasteiger partial charge in [0.05, 0.1) is 17.7 Å². The fraction of sp³-hybridized carbons (Fsp3) is 0.105. The van der Waals surface area contributed by atoms with E-state index in [0.717, 1.165) is 12.1 Å². The van der Waals surface area contributed by atoms with Gasteiger partial charge in [-0.15, -0.1) is 0 Å². The molecule has 0 spiro atoms. The summed E-state index contributed by atoms with van der Waals surface area (Å²) in [5.41, 5.74) is 6.92. The van der Waals surface area contributed by atoms with Crippen LogP contribution in [0.2, 0.25) is 0 Å². The van der Waals surface area contributed by atoms with Crippen molar-refractivity contribution in [2.75, 3.05) is 0 Å². The van der Waals surface area contributed by atoms with Gasteiger partial charge >= 0.3 is 6.18 Å². The minimum atomic E-state index is -4.41. The number of nitrogens with zero attached hydrogens (tertiary/aromatic N) is 1. The lowest BCUT2D eigenvalue weighted by Crippen LogP contribution is -2.11. The molecule has 0 saturated carbocycles. The maximum absolute atomic E-state index is 12.7. The molecule has 3 rings (SSSR count). The maximum atomic E-state index is 12.7. The summed E-state index contributed by atoms with van der Waals surface area (Å²) in [4.78, 5) is 11.3. The molecule has 3 aromatic rings. The number of aromatic nitrogens is 1. The van der Waals surface area contributed by atoms with E-state index in [9.17, 15) is 23.1 Å². The lowest BCUT2D eigenvalue weighted by Gasteiger charge is -2.10. The molecule has 0 fully saturated rings. The SMILES string of the molecule is C=C(C(N)=O)c1ccc2c(c1)c(CO)cn2-c1ccc(C(F)(F)F)cc1. The van der Waals surface area contributed by atoms with Crippen molar-refractivity contribution in [3.63, 3.8) is 0 Å². The van der Waals surface area contributed by atoms with Crippen LogP contribution < -0.4 is 5.73 Å². The van der Waals surface area contributed by atoms with Gasteiger partial charge in [0.15, 0.2) is 0 Å². The summed E-state index contributed by atoms with van der Waals surface area (Å²) in [6.45, 7) is 3.37. The molecule has 0 atom stereocenters. The van der Waals surface area contributed by atoms with Crippen LogP contribution in [-0.2, 0) is 17.6 Å². The third-order valence-electron chi connectivity index (χ3n) is 4.18. The highest BCUT2D eigenvalue weighted by Crippen LogP contribution is 2.32. The standard InChI is InChI=1S/C19H15F3N2O2/c1-11(18(23)26)12-2-7-17-16(8-12)13(10-25)9-24(17)15-5-3-14(4-6-15)19(20,21)22/h2-9,25H,1,10H2,(H2,23,26). The van der Waals surface area contributed by atoms with E-state index in [-0.39, 0.29) is 12.2 Å². The summed E-state index contributed by atoms with van der Waals surface area (Å²) in [5, 5.41) is 10.3. The van der Waals surface area contributed by atoms with E-state index in [1.165, 1.54) is 12.1 Å². The molecular formula is C19H15F3N2O2. The molecule has 0 bridgehead atoms. The number of amides is 1. The Morgan fingerprint density at radius 3 is 2.35 bits per heavy atom. The van der Waals surface area contributed by atoms with Gasteiger partial charge in [-0.05, 0) is 42.0 Å². The zero-order valence-electron chi connectivity index (χ0n) is 13.5. The van der Waals surface area contributed by atoms with E-state index < -0.39 is 17.6 Å². The normalized spacial score (nSPS) is 11.7. The Labute approximate surface area is 147 Å². The first kappa shape index (κ1) is 17.8. The van der Waals surface area contributed by atoms with Crippen LogP contribution in [-0.4, -0.2) is 15.6 Å². The van der Waals surface area contributed by atoms with Crippen LogP contribution in [0.25, 0.3) is 22.2 Å². The summed E-state index contributed by atoms with van der Waals surface area (Å²) in [6.07, 6.45) is -2.76. The number of rotatable bonds is 4. The highest BCUT2D eigenvalue weighted by atomic mass is 19.4. The second-order valence-corrected chi connectivity index (χ2v) is 5.80. The van der Waals surface area contributed by atoms with Gasteiger partial charge in [0, 0.05) is 28.4 Å². The molecule has 26 heavy (non-hydrogen) atoms. The quantitative estimate of drug-likeness (QED) is 0.698. The first-order chi connectivity index (χ1) is 12.2. The Kier molecular flexibility index (Phi) is 4.33. The van der Waals surface area contributed by atoms with E-state index >= 15 is 0 Å².